The molecule has 0 bridgehead atoms. The van der Waals surface area contributed by atoms with E-state index in [0.717, 1.165) is 11.3 Å². The number of benzene rings is 1. The van der Waals surface area contributed by atoms with Crippen molar-refractivity contribution in [3.8, 4) is 5.75 Å². The van der Waals surface area contributed by atoms with E-state index >= 15 is 0 Å². The Morgan fingerprint density at radius 2 is 1.83 bits per heavy atom. The van der Waals surface area contributed by atoms with Crippen molar-refractivity contribution in [3.05, 3.63) is 29.8 Å². The third-order valence-electron chi connectivity index (χ3n) is 5.43. The van der Waals surface area contributed by atoms with Crippen molar-refractivity contribution < 1.29 is 19.1 Å². The summed E-state index contributed by atoms with van der Waals surface area (Å²) in [5.41, 5.74) is 0.502. The number of amides is 5. The molecule has 0 unspecified atom stereocenters. The van der Waals surface area contributed by atoms with E-state index in [1.807, 2.05) is 24.3 Å². The summed E-state index contributed by atoms with van der Waals surface area (Å²) in [4.78, 5) is 42.3. The van der Waals surface area contributed by atoms with E-state index < -0.39 is 5.41 Å². The maximum atomic E-state index is 12.9. The van der Waals surface area contributed by atoms with Gasteiger partial charge in [-0.3, -0.25) is 4.79 Å². The molecule has 0 aromatic heterocycles. The van der Waals surface area contributed by atoms with Crippen LogP contribution in [-0.2, 0) is 11.3 Å². The van der Waals surface area contributed by atoms with Gasteiger partial charge in [-0.1, -0.05) is 12.1 Å². The lowest BCUT2D eigenvalue weighted by Gasteiger charge is -2.33. The Morgan fingerprint density at radius 3 is 2.41 bits per heavy atom. The number of hydrogen-bond acceptors (Lipinski definition) is 4. The van der Waals surface area contributed by atoms with Crippen LogP contribution in [0.15, 0.2) is 24.3 Å². The van der Waals surface area contributed by atoms with Gasteiger partial charge in [-0.25, -0.2) is 9.59 Å². The summed E-state index contributed by atoms with van der Waals surface area (Å²) < 4.78 is 5.15. The van der Waals surface area contributed by atoms with Gasteiger partial charge in [0.25, 0.3) is 0 Å². The molecule has 9 nitrogen and oxygen atoms in total. The van der Waals surface area contributed by atoms with Crippen LogP contribution in [-0.4, -0.2) is 86.6 Å². The van der Waals surface area contributed by atoms with Crippen molar-refractivity contribution in [2.45, 2.75) is 13.0 Å². The van der Waals surface area contributed by atoms with Crippen LogP contribution in [0.2, 0.25) is 0 Å². The number of carbonyl (C=O) groups excluding carboxylic acids is 3. The Hall–Kier alpha value is -2.97. The van der Waals surface area contributed by atoms with E-state index in [9.17, 15) is 14.4 Å². The summed E-state index contributed by atoms with van der Waals surface area (Å²) >= 11 is 0. The van der Waals surface area contributed by atoms with E-state index in [1.165, 1.54) is 4.90 Å². The molecule has 1 atom stereocenters. The van der Waals surface area contributed by atoms with Crippen LogP contribution in [0.5, 0.6) is 5.75 Å². The second-order valence-corrected chi connectivity index (χ2v) is 7.98. The van der Waals surface area contributed by atoms with E-state index in [0.29, 0.717) is 45.7 Å². The van der Waals surface area contributed by atoms with Gasteiger partial charge < -0.3 is 30.1 Å². The second-order valence-electron chi connectivity index (χ2n) is 7.98. The average molecular weight is 403 g/mol. The molecule has 3 rings (SSSR count). The minimum absolute atomic E-state index is 0.0391. The van der Waals surface area contributed by atoms with E-state index in [-0.39, 0.29) is 18.0 Å². The third kappa shape index (κ3) is 4.90. The van der Waals surface area contributed by atoms with Crippen molar-refractivity contribution in [2.24, 2.45) is 5.41 Å². The summed E-state index contributed by atoms with van der Waals surface area (Å²) in [6.45, 7) is 2.59. The molecule has 0 saturated carbocycles. The first-order valence-electron chi connectivity index (χ1n) is 9.70. The summed E-state index contributed by atoms with van der Waals surface area (Å²) in [5, 5.41) is 5.81. The molecule has 5 amide bonds. The SMILES string of the molecule is COc1ccc(CNC(=O)N2CCN(C(=O)N(C)C)C[C@]3(CNC(=O)C3)C2)cc1. The van der Waals surface area contributed by atoms with Gasteiger partial charge in [0.1, 0.15) is 5.75 Å². The number of urea groups is 2. The number of carbonyl (C=O) groups is 3. The van der Waals surface area contributed by atoms with Crippen molar-refractivity contribution in [1.82, 2.24) is 25.3 Å². The van der Waals surface area contributed by atoms with Crippen LogP contribution in [0.3, 0.4) is 0 Å². The smallest absolute Gasteiger partial charge is 0.319 e. The van der Waals surface area contributed by atoms with Crippen molar-refractivity contribution in [1.29, 1.82) is 0 Å². The van der Waals surface area contributed by atoms with Crippen LogP contribution < -0.4 is 15.4 Å². The molecular formula is C20H29N5O4. The highest BCUT2D eigenvalue weighted by Gasteiger charge is 2.45. The van der Waals surface area contributed by atoms with Crippen LogP contribution >= 0.6 is 0 Å². The number of hydrogen-bond donors (Lipinski definition) is 2. The standard InChI is InChI=1S/C20H29N5O4/c1-23(2)19(28)25-9-8-24(13-20(14-25)10-17(26)22-12-20)18(27)21-11-15-4-6-16(29-3)7-5-15/h4-7H,8-14H2,1-3H3,(H,21,27)(H,22,26)/t20-/m1/s1. The van der Waals surface area contributed by atoms with Crippen LogP contribution in [0, 0.1) is 5.41 Å². The molecule has 29 heavy (non-hydrogen) atoms. The molecule has 2 fully saturated rings. The number of nitrogens with one attached hydrogen (secondary N) is 2. The van der Waals surface area contributed by atoms with Gasteiger partial charge in [0.2, 0.25) is 5.91 Å². The Morgan fingerprint density at radius 1 is 1.17 bits per heavy atom. The molecule has 2 aliphatic heterocycles. The molecule has 1 spiro atoms. The number of rotatable bonds is 3. The molecule has 9 heteroatoms. The first-order chi connectivity index (χ1) is 13.8. The van der Waals surface area contributed by atoms with E-state index in [2.05, 4.69) is 10.6 Å². The Bertz CT molecular complexity index is 767. The van der Waals surface area contributed by atoms with Gasteiger partial charge in [-0.15, -0.1) is 0 Å². The van der Waals surface area contributed by atoms with Gasteiger partial charge in [-0.2, -0.15) is 0 Å². The van der Waals surface area contributed by atoms with Crippen molar-refractivity contribution >= 4 is 18.0 Å². The molecule has 0 aliphatic carbocycles. The van der Waals surface area contributed by atoms with Gasteiger partial charge in [0, 0.05) is 65.2 Å². The molecule has 2 N–H and O–H groups in total. The fourth-order valence-corrected chi connectivity index (χ4v) is 3.89. The number of nitrogens with zero attached hydrogens (tertiary/aromatic N) is 3. The van der Waals surface area contributed by atoms with E-state index in [1.54, 1.807) is 31.0 Å². The molecular weight excluding hydrogens is 374 g/mol. The summed E-state index contributed by atoms with van der Waals surface area (Å²) in [6, 6.07) is 7.20. The molecule has 1 aromatic carbocycles. The van der Waals surface area contributed by atoms with Gasteiger partial charge in [-0.05, 0) is 17.7 Å². The molecule has 2 heterocycles. The fourth-order valence-electron chi connectivity index (χ4n) is 3.89. The largest absolute Gasteiger partial charge is 0.497 e. The third-order valence-corrected chi connectivity index (χ3v) is 5.43. The Labute approximate surface area is 171 Å². The minimum Gasteiger partial charge on any atom is -0.497 e. The average Bonchev–Trinajstić information content (AvgIpc) is 2.96. The van der Waals surface area contributed by atoms with Gasteiger partial charge in [0.15, 0.2) is 0 Å². The van der Waals surface area contributed by atoms with Crippen molar-refractivity contribution in [2.75, 3.05) is 53.9 Å². The first-order valence-corrected chi connectivity index (χ1v) is 9.70. The zero-order valence-electron chi connectivity index (χ0n) is 17.2. The van der Waals surface area contributed by atoms with E-state index in [4.69, 9.17) is 4.74 Å². The lowest BCUT2D eigenvalue weighted by molar-refractivity contribution is -0.119. The van der Waals surface area contributed by atoms with Crippen LogP contribution in [0.25, 0.3) is 0 Å². The topological polar surface area (TPSA) is 94.2 Å². The Kier molecular flexibility index (Phi) is 6.14. The minimum atomic E-state index is -0.462. The maximum Gasteiger partial charge on any atom is 0.319 e. The zero-order valence-corrected chi connectivity index (χ0v) is 17.2. The number of methoxy groups -OCH3 is 1. The predicted molar refractivity (Wildman–Crippen MR) is 108 cm³/mol. The van der Waals surface area contributed by atoms with Gasteiger partial charge >= 0.3 is 12.1 Å². The summed E-state index contributed by atoms with van der Waals surface area (Å²) in [7, 11) is 5.02. The molecule has 0 radical (unpaired) electrons. The van der Waals surface area contributed by atoms with Crippen LogP contribution in [0.4, 0.5) is 9.59 Å². The highest BCUT2D eigenvalue weighted by molar-refractivity contribution is 5.80. The first kappa shape index (κ1) is 20.8. The fraction of sp³-hybridized carbons (Fsp3) is 0.550. The molecule has 2 saturated heterocycles. The summed E-state index contributed by atoms with van der Waals surface area (Å²) in [5.74, 6) is 0.723. The second kappa shape index (κ2) is 8.59. The maximum absolute atomic E-state index is 12.9. The number of ether oxygens (including phenoxy) is 1. The van der Waals surface area contributed by atoms with Gasteiger partial charge in [0.05, 0.1) is 7.11 Å². The van der Waals surface area contributed by atoms with Crippen LogP contribution in [0.1, 0.15) is 12.0 Å². The molecule has 158 valence electrons. The zero-order chi connectivity index (χ0) is 21.0. The summed E-state index contributed by atoms with van der Waals surface area (Å²) in [6.07, 6.45) is 0.312. The normalized spacial score (nSPS) is 21.6. The predicted octanol–water partition coefficient (Wildman–Crippen LogP) is 0.710. The molecule has 2 aliphatic rings. The highest BCUT2D eigenvalue weighted by Crippen LogP contribution is 2.31. The monoisotopic (exact) mass is 403 g/mol. The Balaban J connectivity index is 1.68. The van der Waals surface area contributed by atoms with Crippen molar-refractivity contribution in [3.63, 3.8) is 0 Å². The lowest BCUT2D eigenvalue weighted by Crippen LogP contribution is -2.48. The lowest BCUT2D eigenvalue weighted by atomic mass is 9.86. The quantitative estimate of drug-likeness (QED) is 0.777. The highest BCUT2D eigenvalue weighted by atomic mass is 16.5. The molecule has 1 aromatic rings.